The molecule has 0 aliphatic carbocycles. The third-order valence-electron chi connectivity index (χ3n) is 2.01. The molecule has 0 unspecified atom stereocenters. The van der Waals surface area contributed by atoms with Gasteiger partial charge < -0.3 is 4.74 Å². The maximum Gasteiger partial charge on any atom is 0.181 e. The predicted octanol–water partition coefficient (Wildman–Crippen LogP) is 2.77. The van der Waals surface area contributed by atoms with E-state index in [-0.39, 0.29) is 17.8 Å². The van der Waals surface area contributed by atoms with Crippen LogP contribution in [0.4, 0.5) is 0 Å². The van der Waals surface area contributed by atoms with Gasteiger partial charge in [0.1, 0.15) is 6.61 Å². The minimum Gasteiger partial charge on any atom is -0.369 e. The minimum absolute atomic E-state index is 0.0104. The van der Waals surface area contributed by atoms with E-state index in [9.17, 15) is 4.79 Å². The van der Waals surface area contributed by atoms with E-state index in [1.54, 1.807) is 18.5 Å². The summed E-state index contributed by atoms with van der Waals surface area (Å²) in [6.45, 7) is 6.68. The topological polar surface area (TPSA) is 39.2 Å². The van der Waals surface area contributed by atoms with E-state index >= 15 is 0 Å². The molecule has 0 aliphatic heterocycles. The van der Waals surface area contributed by atoms with Crippen molar-refractivity contribution in [2.24, 2.45) is 5.41 Å². The number of carbonyl (C=O) groups excluding carboxylic acids is 1. The van der Waals surface area contributed by atoms with Gasteiger partial charge in [-0.25, -0.2) is 0 Å². The largest absolute Gasteiger partial charge is 0.369 e. The van der Waals surface area contributed by atoms with Gasteiger partial charge in [0.15, 0.2) is 5.78 Å². The number of ketones is 1. The van der Waals surface area contributed by atoms with Gasteiger partial charge in [-0.1, -0.05) is 32.9 Å². The lowest BCUT2D eigenvalue weighted by molar-refractivity contribution is -0.119. The zero-order chi connectivity index (χ0) is 12.7. The number of hydrogen-bond acceptors (Lipinski definition) is 3. The highest BCUT2D eigenvalue weighted by Gasteiger charge is 2.05. The Morgan fingerprint density at radius 3 is 2.82 bits per heavy atom. The first-order valence-corrected chi connectivity index (χ1v) is 5.66. The van der Waals surface area contributed by atoms with Crippen molar-refractivity contribution >= 4 is 5.78 Å². The van der Waals surface area contributed by atoms with Gasteiger partial charge in [-0.3, -0.25) is 9.78 Å². The summed E-state index contributed by atoms with van der Waals surface area (Å²) >= 11 is 0. The average molecular weight is 233 g/mol. The van der Waals surface area contributed by atoms with Gasteiger partial charge in [0.25, 0.3) is 0 Å². The van der Waals surface area contributed by atoms with E-state index in [1.165, 1.54) is 0 Å². The maximum absolute atomic E-state index is 11.5. The Labute approximate surface area is 103 Å². The number of rotatable bonds is 5. The third kappa shape index (κ3) is 6.64. The van der Waals surface area contributed by atoms with Gasteiger partial charge in [-0.05, 0) is 23.1 Å². The summed E-state index contributed by atoms with van der Waals surface area (Å²) in [5.74, 6) is -0.0104. The Morgan fingerprint density at radius 2 is 2.24 bits per heavy atom. The van der Waals surface area contributed by atoms with Crippen molar-refractivity contribution in [2.45, 2.75) is 27.4 Å². The number of ether oxygens (including phenoxy) is 1. The predicted molar refractivity (Wildman–Crippen MR) is 67.5 cm³/mol. The van der Waals surface area contributed by atoms with Crippen molar-refractivity contribution in [1.82, 2.24) is 4.98 Å². The van der Waals surface area contributed by atoms with Crippen molar-refractivity contribution in [3.05, 3.63) is 42.2 Å². The number of aromatic nitrogens is 1. The lowest BCUT2D eigenvalue weighted by atomic mass is 9.96. The summed E-state index contributed by atoms with van der Waals surface area (Å²) in [6, 6.07) is 3.77. The van der Waals surface area contributed by atoms with Crippen LogP contribution in [0, 0.1) is 5.41 Å². The Kier molecular flexibility index (Phi) is 5.04. The van der Waals surface area contributed by atoms with Crippen molar-refractivity contribution in [3.63, 3.8) is 0 Å². The Bertz CT molecular complexity index is 377. The molecule has 0 aromatic carbocycles. The maximum atomic E-state index is 11.5. The van der Waals surface area contributed by atoms with E-state index in [2.05, 4.69) is 4.98 Å². The standard InChI is InChI=1S/C14H19NO2/c1-14(2,3)7-6-13(16)11-17-10-12-5-4-8-15-9-12/h4-9H,10-11H2,1-3H3/b7-6-. The number of pyridine rings is 1. The monoisotopic (exact) mass is 233 g/mol. The van der Waals surface area contributed by atoms with Crippen LogP contribution in [0.3, 0.4) is 0 Å². The van der Waals surface area contributed by atoms with Crippen LogP contribution in [0.2, 0.25) is 0 Å². The molecule has 0 radical (unpaired) electrons. The zero-order valence-corrected chi connectivity index (χ0v) is 10.6. The van der Waals surface area contributed by atoms with Crippen LogP contribution in [-0.2, 0) is 16.1 Å². The van der Waals surface area contributed by atoms with Gasteiger partial charge in [-0.15, -0.1) is 0 Å². The van der Waals surface area contributed by atoms with E-state index in [0.29, 0.717) is 6.61 Å². The number of hydrogen-bond donors (Lipinski definition) is 0. The van der Waals surface area contributed by atoms with Crippen LogP contribution in [-0.4, -0.2) is 17.4 Å². The van der Waals surface area contributed by atoms with Crippen molar-refractivity contribution in [1.29, 1.82) is 0 Å². The summed E-state index contributed by atoms with van der Waals surface area (Å²) in [6.07, 6.45) is 6.92. The minimum atomic E-state index is -0.0104. The smallest absolute Gasteiger partial charge is 0.181 e. The fraction of sp³-hybridized carbons (Fsp3) is 0.429. The summed E-state index contributed by atoms with van der Waals surface area (Å²) in [5.41, 5.74) is 0.999. The molecule has 92 valence electrons. The molecule has 0 atom stereocenters. The molecule has 1 aromatic rings. The van der Waals surface area contributed by atoms with Crippen molar-refractivity contribution in [2.75, 3.05) is 6.61 Å². The normalized spacial score (nSPS) is 11.9. The molecule has 0 saturated heterocycles. The highest BCUT2D eigenvalue weighted by Crippen LogP contribution is 2.14. The first-order valence-electron chi connectivity index (χ1n) is 5.66. The van der Waals surface area contributed by atoms with Crippen LogP contribution < -0.4 is 0 Å². The van der Waals surface area contributed by atoms with Crippen LogP contribution >= 0.6 is 0 Å². The van der Waals surface area contributed by atoms with Gasteiger partial charge in [-0.2, -0.15) is 0 Å². The highest BCUT2D eigenvalue weighted by molar-refractivity contribution is 5.90. The molecular formula is C14H19NO2. The number of nitrogens with zero attached hydrogens (tertiary/aromatic N) is 1. The van der Waals surface area contributed by atoms with E-state index in [4.69, 9.17) is 4.74 Å². The van der Waals surface area contributed by atoms with Gasteiger partial charge in [0.05, 0.1) is 6.61 Å². The second kappa shape index (κ2) is 6.30. The molecule has 0 aliphatic rings. The Balaban J connectivity index is 2.28. The second-order valence-corrected chi connectivity index (χ2v) is 5.02. The molecule has 1 heterocycles. The Hall–Kier alpha value is -1.48. The fourth-order valence-electron chi connectivity index (χ4n) is 1.14. The summed E-state index contributed by atoms with van der Waals surface area (Å²) in [7, 11) is 0. The second-order valence-electron chi connectivity index (χ2n) is 5.02. The molecule has 0 N–H and O–H groups in total. The molecular weight excluding hydrogens is 214 g/mol. The quantitative estimate of drug-likeness (QED) is 0.734. The molecule has 1 rings (SSSR count). The first kappa shape index (κ1) is 13.6. The van der Waals surface area contributed by atoms with Crippen LogP contribution in [0.1, 0.15) is 26.3 Å². The van der Waals surface area contributed by atoms with Crippen molar-refractivity contribution in [3.8, 4) is 0 Å². The molecule has 0 fully saturated rings. The lowest BCUT2D eigenvalue weighted by Crippen LogP contribution is -2.07. The molecule has 17 heavy (non-hydrogen) atoms. The molecule has 0 bridgehead atoms. The van der Waals surface area contributed by atoms with Crippen LogP contribution in [0.5, 0.6) is 0 Å². The summed E-state index contributed by atoms with van der Waals surface area (Å²) < 4.78 is 5.31. The van der Waals surface area contributed by atoms with Crippen LogP contribution in [0.25, 0.3) is 0 Å². The van der Waals surface area contributed by atoms with E-state index < -0.39 is 0 Å². The number of carbonyl (C=O) groups is 1. The van der Waals surface area contributed by atoms with E-state index in [0.717, 1.165) is 5.56 Å². The van der Waals surface area contributed by atoms with Gasteiger partial charge in [0.2, 0.25) is 0 Å². The van der Waals surface area contributed by atoms with E-state index in [1.807, 2.05) is 39.0 Å². The molecule has 0 spiro atoms. The fourth-order valence-corrected chi connectivity index (χ4v) is 1.14. The molecule has 1 aromatic heterocycles. The van der Waals surface area contributed by atoms with Gasteiger partial charge in [0, 0.05) is 12.4 Å². The average Bonchev–Trinajstić information content (AvgIpc) is 2.27. The molecule has 3 nitrogen and oxygen atoms in total. The summed E-state index contributed by atoms with van der Waals surface area (Å²) in [4.78, 5) is 15.4. The first-order chi connectivity index (χ1) is 7.97. The Morgan fingerprint density at radius 1 is 1.47 bits per heavy atom. The zero-order valence-electron chi connectivity index (χ0n) is 10.6. The molecule has 3 heteroatoms. The molecule has 0 amide bonds. The SMILES string of the molecule is CC(C)(C)/C=C\C(=O)COCc1cccnc1. The molecule has 0 saturated carbocycles. The summed E-state index contributed by atoms with van der Waals surface area (Å²) in [5, 5.41) is 0. The third-order valence-corrected chi connectivity index (χ3v) is 2.01. The van der Waals surface area contributed by atoms with Gasteiger partial charge >= 0.3 is 0 Å². The van der Waals surface area contributed by atoms with Crippen molar-refractivity contribution < 1.29 is 9.53 Å². The van der Waals surface area contributed by atoms with Crippen LogP contribution in [0.15, 0.2) is 36.7 Å². The lowest BCUT2D eigenvalue weighted by Gasteiger charge is -2.10. The highest BCUT2D eigenvalue weighted by atomic mass is 16.5. The number of allylic oxidation sites excluding steroid dienone is 1.